The molecule has 1 aliphatic rings. The van der Waals surface area contributed by atoms with E-state index in [0.29, 0.717) is 5.54 Å². The van der Waals surface area contributed by atoms with Gasteiger partial charge in [-0.3, -0.25) is 0 Å². The van der Waals surface area contributed by atoms with Gasteiger partial charge in [-0.15, -0.1) is 0 Å². The lowest BCUT2D eigenvalue weighted by Gasteiger charge is -2.32. The van der Waals surface area contributed by atoms with Gasteiger partial charge in [-0.2, -0.15) is 0 Å². The van der Waals surface area contributed by atoms with E-state index in [2.05, 4.69) is 59.4 Å². The Morgan fingerprint density at radius 2 is 2.12 bits per heavy atom. The fraction of sp³-hybridized carbons (Fsp3) is 0.600. The molecule has 1 unspecified atom stereocenters. The van der Waals surface area contributed by atoms with Gasteiger partial charge in [0.2, 0.25) is 0 Å². The summed E-state index contributed by atoms with van der Waals surface area (Å²) in [6, 6.07) is 8.61. The first kappa shape index (κ1) is 13.1. The van der Waals surface area contributed by atoms with Crippen LogP contribution in [-0.2, 0) is 6.42 Å². The largest absolute Gasteiger partial charge is 0.311 e. The van der Waals surface area contributed by atoms with Crippen molar-refractivity contribution in [3.63, 3.8) is 0 Å². The molecule has 1 aromatic rings. The number of nitrogens with one attached hydrogen (secondary N) is 1. The van der Waals surface area contributed by atoms with E-state index in [4.69, 9.17) is 0 Å². The lowest BCUT2D eigenvalue weighted by Crippen LogP contribution is -2.43. The van der Waals surface area contributed by atoms with Crippen LogP contribution < -0.4 is 5.32 Å². The van der Waals surface area contributed by atoms with Gasteiger partial charge in [-0.25, -0.2) is 0 Å². The van der Waals surface area contributed by atoms with Gasteiger partial charge in [-0.1, -0.05) is 48.0 Å². The normalized spacial score (nSPS) is 24.5. The second kappa shape index (κ2) is 5.53. The van der Waals surface area contributed by atoms with Crippen molar-refractivity contribution >= 4 is 15.9 Å². The lowest BCUT2D eigenvalue weighted by atomic mass is 9.82. The van der Waals surface area contributed by atoms with Crippen molar-refractivity contribution in [2.24, 2.45) is 5.92 Å². The van der Waals surface area contributed by atoms with E-state index in [1.165, 1.54) is 35.8 Å². The molecule has 1 saturated heterocycles. The Balaban J connectivity index is 2.15. The molecule has 1 aliphatic heterocycles. The predicted octanol–water partition coefficient (Wildman–Crippen LogP) is 4.16. The Labute approximate surface area is 113 Å². The van der Waals surface area contributed by atoms with Gasteiger partial charge < -0.3 is 5.32 Å². The molecule has 0 bridgehead atoms. The van der Waals surface area contributed by atoms with Crippen LogP contribution in [0, 0.1) is 5.92 Å². The summed E-state index contributed by atoms with van der Waals surface area (Å²) < 4.78 is 1.25. The molecule has 0 aliphatic carbocycles. The van der Waals surface area contributed by atoms with Crippen molar-refractivity contribution in [2.75, 3.05) is 6.54 Å². The van der Waals surface area contributed by atoms with Crippen LogP contribution in [0.25, 0.3) is 0 Å². The number of benzene rings is 1. The Kier molecular flexibility index (Phi) is 4.26. The van der Waals surface area contributed by atoms with Gasteiger partial charge in [0.15, 0.2) is 0 Å². The quantitative estimate of drug-likeness (QED) is 0.879. The van der Waals surface area contributed by atoms with Crippen LogP contribution in [0.5, 0.6) is 0 Å². The third-order valence-corrected chi connectivity index (χ3v) is 4.39. The molecule has 2 heteroatoms. The maximum atomic E-state index is 3.76. The van der Waals surface area contributed by atoms with Crippen LogP contribution in [-0.4, -0.2) is 12.1 Å². The monoisotopic (exact) mass is 295 g/mol. The fourth-order valence-corrected chi connectivity index (χ4v) is 3.48. The van der Waals surface area contributed by atoms with Crippen LogP contribution in [0.4, 0.5) is 0 Å². The molecule has 1 fully saturated rings. The van der Waals surface area contributed by atoms with Crippen LogP contribution in [0.2, 0.25) is 0 Å². The molecule has 0 spiro atoms. The van der Waals surface area contributed by atoms with E-state index in [0.717, 1.165) is 12.3 Å². The van der Waals surface area contributed by atoms with Gasteiger partial charge in [0, 0.05) is 10.0 Å². The zero-order chi connectivity index (χ0) is 12.3. The maximum absolute atomic E-state index is 3.76. The Morgan fingerprint density at radius 1 is 1.35 bits per heavy atom. The predicted molar refractivity (Wildman–Crippen MR) is 77.3 cm³/mol. The molecule has 17 heavy (non-hydrogen) atoms. The molecule has 0 radical (unpaired) electrons. The molecule has 1 aromatic carbocycles. The van der Waals surface area contributed by atoms with Gasteiger partial charge in [0.05, 0.1) is 0 Å². The van der Waals surface area contributed by atoms with E-state index >= 15 is 0 Å². The summed E-state index contributed by atoms with van der Waals surface area (Å²) in [7, 11) is 0. The topological polar surface area (TPSA) is 12.0 Å². The van der Waals surface area contributed by atoms with Crippen LogP contribution >= 0.6 is 15.9 Å². The second-order valence-corrected chi connectivity index (χ2v) is 6.53. The van der Waals surface area contributed by atoms with Gasteiger partial charge in [0.1, 0.15) is 0 Å². The molecule has 1 N–H and O–H groups in total. The van der Waals surface area contributed by atoms with Crippen LogP contribution in [0.15, 0.2) is 28.7 Å². The van der Waals surface area contributed by atoms with Crippen molar-refractivity contribution in [3.05, 3.63) is 34.3 Å². The summed E-state index contributed by atoms with van der Waals surface area (Å²) in [6.07, 6.45) is 5.05. The smallest absolute Gasteiger partial charge is 0.0225 e. The molecule has 1 atom stereocenters. The van der Waals surface area contributed by atoms with Crippen molar-refractivity contribution in [1.82, 2.24) is 5.32 Å². The van der Waals surface area contributed by atoms with E-state index in [9.17, 15) is 0 Å². The first-order chi connectivity index (χ1) is 8.11. The highest BCUT2D eigenvalue weighted by molar-refractivity contribution is 9.10. The highest BCUT2D eigenvalue weighted by Crippen LogP contribution is 2.32. The van der Waals surface area contributed by atoms with Crippen molar-refractivity contribution in [1.29, 1.82) is 0 Å². The third kappa shape index (κ3) is 3.32. The van der Waals surface area contributed by atoms with Crippen LogP contribution in [0.1, 0.15) is 38.7 Å². The lowest BCUT2D eigenvalue weighted by molar-refractivity contribution is 0.301. The zero-order valence-corrected chi connectivity index (χ0v) is 12.4. The molecular formula is C15H22BrN. The molecular weight excluding hydrogens is 274 g/mol. The maximum Gasteiger partial charge on any atom is 0.0225 e. The van der Waals surface area contributed by atoms with Crippen molar-refractivity contribution in [2.45, 2.75) is 45.1 Å². The highest BCUT2D eigenvalue weighted by Gasteiger charge is 2.34. The minimum atomic E-state index is 0.331. The molecule has 0 amide bonds. The molecule has 0 saturated carbocycles. The van der Waals surface area contributed by atoms with E-state index in [-0.39, 0.29) is 0 Å². The average Bonchev–Trinajstić information content (AvgIpc) is 2.69. The van der Waals surface area contributed by atoms with E-state index in [1.807, 2.05) is 0 Å². The molecule has 1 heterocycles. The molecule has 0 aromatic heterocycles. The molecule has 94 valence electrons. The third-order valence-electron chi connectivity index (χ3n) is 3.62. The summed E-state index contributed by atoms with van der Waals surface area (Å²) in [5, 5.41) is 3.76. The number of halogens is 1. The Bertz CT molecular complexity index is 367. The summed E-state index contributed by atoms with van der Waals surface area (Å²) in [4.78, 5) is 0. The first-order valence-electron chi connectivity index (χ1n) is 6.60. The van der Waals surface area contributed by atoms with E-state index in [1.54, 1.807) is 0 Å². The number of hydrogen-bond donors (Lipinski definition) is 1. The standard InChI is InChI=1S/C15H22BrN/c1-12(2)10-15(8-5-9-17-15)11-13-6-3-4-7-14(13)16/h3-4,6-7,12,17H,5,8-11H2,1-2H3. The Hall–Kier alpha value is -0.340. The minimum Gasteiger partial charge on any atom is -0.311 e. The van der Waals surface area contributed by atoms with Crippen molar-refractivity contribution < 1.29 is 0 Å². The number of rotatable bonds is 4. The summed E-state index contributed by atoms with van der Waals surface area (Å²) in [5.74, 6) is 0.753. The van der Waals surface area contributed by atoms with Gasteiger partial charge in [0.25, 0.3) is 0 Å². The first-order valence-corrected chi connectivity index (χ1v) is 7.39. The Morgan fingerprint density at radius 3 is 2.71 bits per heavy atom. The van der Waals surface area contributed by atoms with Crippen LogP contribution in [0.3, 0.4) is 0 Å². The van der Waals surface area contributed by atoms with Crippen molar-refractivity contribution in [3.8, 4) is 0 Å². The minimum absolute atomic E-state index is 0.331. The summed E-state index contributed by atoms with van der Waals surface area (Å²) in [5.41, 5.74) is 1.76. The SMILES string of the molecule is CC(C)CC1(Cc2ccccc2Br)CCCN1. The van der Waals surface area contributed by atoms with E-state index < -0.39 is 0 Å². The molecule has 1 nitrogen and oxygen atoms in total. The fourth-order valence-electron chi connectivity index (χ4n) is 3.05. The average molecular weight is 296 g/mol. The number of hydrogen-bond acceptors (Lipinski definition) is 1. The second-order valence-electron chi connectivity index (χ2n) is 5.68. The molecule has 2 rings (SSSR count). The highest BCUT2D eigenvalue weighted by atomic mass is 79.9. The van der Waals surface area contributed by atoms with Gasteiger partial charge >= 0.3 is 0 Å². The summed E-state index contributed by atoms with van der Waals surface area (Å²) in [6.45, 7) is 5.82. The summed E-state index contributed by atoms with van der Waals surface area (Å²) >= 11 is 3.67. The van der Waals surface area contributed by atoms with Gasteiger partial charge in [-0.05, 0) is 49.8 Å². The zero-order valence-electron chi connectivity index (χ0n) is 10.8.